The molecule has 1 aliphatic heterocycles. The number of rotatable bonds is 3. The van der Waals surface area contributed by atoms with E-state index in [0.29, 0.717) is 18.8 Å². The largest absolute Gasteiger partial charge is 0.542 e. The third-order valence-corrected chi connectivity index (χ3v) is 7.94. The fraction of sp³-hybridized carbons (Fsp3) is 0.345. The SMILES string of the molecule is O=C([O-])C(F)(F)F.O=C(c1[nH]c(-c2cnc[nH+]c2)c2cccc[n+]12)N1CC[C@](O)(c2ccccc2)[C@H]2CCCC[C@H]21. The summed E-state index contributed by atoms with van der Waals surface area (Å²) in [5.41, 5.74) is 2.73. The Kier molecular flexibility index (Phi) is 7.76. The Morgan fingerprint density at radius 1 is 1.12 bits per heavy atom. The fourth-order valence-corrected chi connectivity index (χ4v) is 6.08. The van der Waals surface area contributed by atoms with Crippen LogP contribution in [0.3, 0.4) is 0 Å². The summed E-state index contributed by atoms with van der Waals surface area (Å²) in [5.74, 6) is -2.47. The second-order valence-corrected chi connectivity index (χ2v) is 10.3. The number of fused-ring (bicyclic) bond motifs is 2. The molecule has 3 atom stereocenters. The van der Waals surface area contributed by atoms with Crippen molar-refractivity contribution >= 4 is 17.4 Å². The summed E-state index contributed by atoms with van der Waals surface area (Å²) in [7, 11) is 0. The average molecular weight is 569 g/mol. The topological polar surface area (TPSA) is 128 Å². The summed E-state index contributed by atoms with van der Waals surface area (Å²) in [4.78, 5) is 35.4. The lowest BCUT2D eigenvalue weighted by Crippen LogP contribution is -2.59. The maximum Gasteiger partial charge on any atom is 0.430 e. The van der Waals surface area contributed by atoms with Crippen molar-refractivity contribution < 1.29 is 42.4 Å². The second kappa shape index (κ2) is 11.3. The number of alkyl halides is 3. The molecule has 4 heterocycles. The predicted octanol–water partition coefficient (Wildman–Crippen LogP) is 2.22. The van der Waals surface area contributed by atoms with Crippen LogP contribution in [-0.4, -0.2) is 50.6 Å². The summed E-state index contributed by atoms with van der Waals surface area (Å²) >= 11 is 0. The summed E-state index contributed by atoms with van der Waals surface area (Å²) in [5, 5.41) is 20.7. The number of carbonyl (C=O) groups is 2. The van der Waals surface area contributed by atoms with Gasteiger partial charge in [-0.1, -0.05) is 54.2 Å². The highest BCUT2D eigenvalue weighted by Gasteiger charge is 2.51. The number of aromatic nitrogens is 4. The van der Waals surface area contributed by atoms with E-state index < -0.39 is 17.7 Å². The number of likely N-dealkylation sites (tertiary alicyclic amines) is 1. The minimum atomic E-state index is -5.19. The van der Waals surface area contributed by atoms with Crippen LogP contribution >= 0.6 is 0 Å². The van der Waals surface area contributed by atoms with Gasteiger partial charge in [0.1, 0.15) is 17.7 Å². The number of carboxylic acid groups (broad SMARTS) is 1. The Bertz CT molecular complexity index is 1530. The van der Waals surface area contributed by atoms with Gasteiger partial charge < -0.3 is 19.9 Å². The van der Waals surface area contributed by atoms with Crippen LogP contribution in [0.5, 0.6) is 0 Å². The third kappa shape index (κ3) is 5.51. The molecule has 0 spiro atoms. The lowest BCUT2D eigenvalue weighted by atomic mass is 9.66. The number of benzene rings is 1. The van der Waals surface area contributed by atoms with Crippen molar-refractivity contribution in [3.8, 4) is 11.3 Å². The zero-order chi connectivity index (χ0) is 29.2. The number of carboxylic acids is 1. The van der Waals surface area contributed by atoms with E-state index in [2.05, 4.69) is 15.0 Å². The molecule has 2 aliphatic rings. The highest BCUT2D eigenvalue weighted by atomic mass is 19.4. The summed E-state index contributed by atoms with van der Waals surface area (Å²) in [6.45, 7) is 0.523. The van der Waals surface area contributed by atoms with Crippen LogP contribution in [0.25, 0.3) is 16.8 Å². The lowest BCUT2D eigenvalue weighted by molar-refractivity contribution is -0.514. The van der Waals surface area contributed by atoms with E-state index in [4.69, 9.17) is 9.90 Å². The first-order valence-corrected chi connectivity index (χ1v) is 13.3. The standard InChI is InChI=1S/C27H27N5O2.C2HF3O2/c33-26(25-30-24(19-16-28-18-29-17-19)23-12-6-7-14-31(23)25)32-15-13-27(34,20-8-2-1-3-9-20)21-10-4-5-11-22(21)32;3-2(4,5)1(6)7/h1-3,6-9,12,14,16-18,21-22,34H,4-5,10-11,13,15H2;(H,6,7)/p+1/t21-,22+,27-;/m0./s1. The molecule has 2 fully saturated rings. The quantitative estimate of drug-likeness (QED) is 0.367. The molecule has 1 amide bonds. The zero-order valence-electron chi connectivity index (χ0n) is 22.0. The van der Waals surface area contributed by atoms with Crippen LogP contribution in [0, 0.1) is 5.92 Å². The summed E-state index contributed by atoms with van der Waals surface area (Å²) in [6, 6.07) is 15.9. The molecule has 214 valence electrons. The van der Waals surface area contributed by atoms with E-state index in [-0.39, 0.29) is 17.9 Å². The monoisotopic (exact) mass is 568 g/mol. The second-order valence-electron chi connectivity index (χ2n) is 10.3. The Morgan fingerprint density at radius 3 is 2.51 bits per heavy atom. The van der Waals surface area contributed by atoms with E-state index >= 15 is 0 Å². The van der Waals surface area contributed by atoms with Crippen molar-refractivity contribution in [3.63, 3.8) is 0 Å². The number of H-pyrrole nitrogens is 2. The molecule has 3 N–H and O–H groups in total. The summed E-state index contributed by atoms with van der Waals surface area (Å²) in [6.07, 6.45) is 6.54. The number of nitrogens with zero attached hydrogens (tertiary/aromatic N) is 3. The molecule has 1 aliphatic carbocycles. The van der Waals surface area contributed by atoms with E-state index in [1.807, 2.05) is 70.2 Å². The molecule has 3 aromatic heterocycles. The number of piperidine rings is 1. The number of hydrogen-bond acceptors (Lipinski definition) is 5. The number of halogens is 3. The van der Waals surface area contributed by atoms with Crippen molar-refractivity contribution in [1.82, 2.24) is 14.9 Å². The minimum Gasteiger partial charge on any atom is -0.542 e. The van der Waals surface area contributed by atoms with Crippen molar-refractivity contribution in [1.29, 1.82) is 0 Å². The number of aliphatic hydroxyl groups is 1. The van der Waals surface area contributed by atoms with Crippen LogP contribution in [0.2, 0.25) is 0 Å². The summed E-state index contributed by atoms with van der Waals surface area (Å²) < 4.78 is 33.5. The molecule has 0 unspecified atom stereocenters. The molecule has 1 saturated heterocycles. The third-order valence-electron chi connectivity index (χ3n) is 7.94. The average Bonchev–Trinajstić information content (AvgIpc) is 3.38. The highest BCUT2D eigenvalue weighted by molar-refractivity contribution is 5.91. The van der Waals surface area contributed by atoms with Gasteiger partial charge in [-0.2, -0.15) is 17.6 Å². The Balaban J connectivity index is 0.000000431. The van der Waals surface area contributed by atoms with Gasteiger partial charge in [0.25, 0.3) is 6.33 Å². The van der Waals surface area contributed by atoms with Crippen LogP contribution in [0.1, 0.15) is 48.3 Å². The van der Waals surface area contributed by atoms with Crippen LogP contribution in [0.15, 0.2) is 73.4 Å². The van der Waals surface area contributed by atoms with Crippen LogP contribution < -0.4 is 14.5 Å². The predicted molar refractivity (Wildman–Crippen MR) is 137 cm³/mol. The number of pyridine rings is 1. The van der Waals surface area contributed by atoms with Gasteiger partial charge >= 0.3 is 17.9 Å². The first kappa shape index (κ1) is 28.2. The molecule has 41 heavy (non-hydrogen) atoms. The van der Waals surface area contributed by atoms with Gasteiger partial charge in [0.2, 0.25) is 0 Å². The maximum absolute atomic E-state index is 14.0. The first-order chi connectivity index (χ1) is 19.6. The zero-order valence-corrected chi connectivity index (χ0v) is 22.0. The van der Waals surface area contributed by atoms with Gasteiger partial charge in [-0.25, -0.2) is 9.97 Å². The molecule has 1 aromatic carbocycles. The molecule has 0 radical (unpaired) electrons. The highest BCUT2D eigenvalue weighted by Crippen LogP contribution is 2.47. The molecule has 9 nitrogen and oxygen atoms in total. The van der Waals surface area contributed by atoms with Gasteiger partial charge in [-0.3, -0.25) is 4.79 Å². The van der Waals surface area contributed by atoms with Gasteiger partial charge in [-0.15, -0.1) is 0 Å². The molecule has 0 bridgehead atoms. The minimum absolute atomic E-state index is 0.0121. The maximum atomic E-state index is 14.0. The Labute approximate surface area is 233 Å². The number of aromatic amines is 2. The smallest absolute Gasteiger partial charge is 0.430 e. The molecule has 6 rings (SSSR count). The van der Waals surface area contributed by atoms with Crippen molar-refractivity contribution in [2.24, 2.45) is 5.92 Å². The molecular weight excluding hydrogens is 539 g/mol. The molecular formula is C29H29F3N5O4+. The van der Waals surface area contributed by atoms with E-state index in [1.165, 1.54) is 0 Å². The Morgan fingerprint density at radius 2 is 1.83 bits per heavy atom. The van der Waals surface area contributed by atoms with Gasteiger partial charge in [0.05, 0.1) is 11.8 Å². The van der Waals surface area contributed by atoms with Gasteiger partial charge in [-0.05, 0) is 37.0 Å². The van der Waals surface area contributed by atoms with Crippen molar-refractivity contribution in [3.05, 3.63) is 84.8 Å². The van der Waals surface area contributed by atoms with Crippen LogP contribution in [0.4, 0.5) is 13.2 Å². The Hall–Kier alpha value is -4.32. The van der Waals surface area contributed by atoms with Gasteiger partial charge in [0.15, 0.2) is 17.4 Å². The number of imidazole rings is 1. The normalized spacial score (nSPS) is 22.4. The molecule has 12 heteroatoms. The molecule has 1 saturated carbocycles. The van der Waals surface area contributed by atoms with E-state index in [0.717, 1.165) is 48.0 Å². The number of carbonyl (C=O) groups excluding carboxylic acids is 2. The number of nitrogens with one attached hydrogen (secondary N) is 2. The van der Waals surface area contributed by atoms with Crippen molar-refractivity contribution in [2.75, 3.05) is 6.54 Å². The van der Waals surface area contributed by atoms with Crippen molar-refractivity contribution in [2.45, 2.75) is 49.9 Å². The fourth-order valence-electron chi connectivity index (χ4n) is 6.08. The first-order valence-electron chi connectivity index (χ1n) is 13.3. The van der Waals surface area contributed by atoms with Gasteiger partial charge in [0, 0.05) is 18.5 Å². The van der Waals surface area contributed by atoms with Crippen LogP contribution in [-0.2, 0) is 10.4 Å². The van der Waals surface area contributed by atoms with E-state index in [1.54, 1.807) is 12.5 Å². The molecule has 4 aromatic rings. The number of hydrogen-bond donors (Lipinski definition) is 2. The number of amides is 1. The number of aliphatic carboxylic acids is 1. The van der Waals surface area contributed by atoms with E-state index in [9.17, 15) is 23.1 Å². The lowest BCUT2D eigenvalue weighted by Gasteiger charge is -2.52.